The lowest BCUT2D eigenvalue weighted by Crippen LogP contribution is -2.31. The Labute approximate surface area is 196 Å². The van der Waals surface area contributed by atoms with Crippen LogP contribution in [0.5, 0.6) is 11.5 Å². The van der Waals surface area contributed by atoms with Gasteiger partial charge in [0.2, 0.25) is 13.4 Å². The fourth-order valence-corrected chi connectivity index (χ4v) is 3.18. The van der Waals surface area contributed by atoms with Crippen molar-refractivity contribution in [3.8, 4) is 17.2 Å². The molecule has 0 unspecified atom stereocenters. The average Bonchev–Trinajstić information content (AvgIpc) is 3.52. The predicted octanol–water partition coefficient (Wildman–Crippen LogP) is 2.54. The monoisotopic (exact) mass is 464 g/mol. The summed E-state index contributed by atoms with van der Waals surface area (Å²) in [6.07, 6.45) is 3.54. The highest BCUT2D eigenvalue weighted by molar-refractivity contribution is 5.99. The molecule has 0 aliphatic carbocycles. The first-order valence-corrected chi connectivity index (χ1v) is 10.5. The zero-order valence-electron chi connectivity index (χ0n) is 18.8. The number of likely N-dealkylation sites (N-methyl/N-ethyl adjacent to an activating group) is 1. The minimum absolute atomic E-state index is 0.183. The van der Waals surface area contributed by atoms with Gasteiger partial charge in [-0.2, -0.15) is 5.10 Å². The largest absolute Gasteiger partial charge is 0.454 e. The number of carbonyl (C=O) groups excluding carboxylic acids is 2. The van der Waals surface area contributed by atoms with E-state index in [2.05, 4.69) is 10.3 Å². The highest BCUT2D eigenvalue weighted by Crippen LogP contribution is 2.32. The van der Waals surface area contributed by atoms with Gasteiger partial charge in [-0.3, -0.25) is 4.79 Å². The van der Waals surface area contributed by atoms with Crippen LogP contribution in [-0.4, -0.2) is 59.3 Å². The summed E-state index contributed by atoms with van der Waals surface area (Å²) in [5.74, 6) is 0.254. The molecule has 10 heteroatoms. The molecule has 0 fully saturated rings. The number of rotatable bonds is 9. The number of nitrogens with zero attached hydrogens (tertiary/aromatic N) is 4. The number of hydrogen-bond acceptors (Lipinski definition) is 8. The number of oxime groups is 1. The first-order chi connectivity index (χ1) is 16.5. The fourth-order valence-electron chi connectivity index (χ4n) is 3.18. The first kappa shape index (κ1) is 22.8. The Bertz CT molecular complexity index is 1190. The summed E-state index contributed by atoms with van der Waals surface area (Å²) in [6.45, 7) is 1.45. The van der Waals surface area contributed by atoms with E-state index < -0.39 is 19.2 Å². The molecule has 1 aliphatic heterocycles. The summed E-state index contributed by atoms with van der Waals surface area (Å²) in [6, 6.07) is 15.0. The number of esters is 1. The third-order valence-electron chi connectivity index (χ3n) is 5.03. The van der Waals surface area contributed by atoms with Gasteiger partial charge >= 0.3 is 5.97 Å². The lowest BCUT2D eigenvalue weighted by atomic mass is 10.1. The van der Waals surface area contributed by atoms with Crippen LogP contribution in [0.15, 0.2) is 66.1 Å². The van der Waals surface area contributed by atoms with Crippen LogP contribution in [0.3, 0.4) is 0 Å². The van der Waals surface area contributed by atoms with E-state index in [0.717, 1.165) is 16.8 Å². The number of ether oxygens (including phenoxy) is 3. The van der Waals surface area contributed by atoms with Crippen molar-refractivity contribution in [1.82, 2.24) is 14.7 Å². The molecule has 0 saturated carbocycles. The van der Waals surface area contributed by atoms with E-state index in [1.807, 2.05) is 42.6 Å². The molecule has 3 aromatic rings. The van der Waals surface area contributed by atoms with Crippen molar-refractivity contribution in [2.24, 2.45) is 5.16 Å². The average molecular weight is 464 g/mol. The van der Waals surface area contributed by atoms with Gasteiger partial charge in [0, 0.05) is 30.9 Å². The maximum atomic E-state index is 12.3. The molecule has 1 aliphatic rings. The molecule has 1 amide bonds. The molecule has 1 aromatic heterocycles. The van der Waals surface area contributed by atoms with Crippen LogP contribution in [0.1, 0.15) is 18.1 Å². The highest BCUT2D eigenvalue weighted by atomic mass is 16.7. The van der Waals surface area contributed by atoms with Crippen molar-refractivity contribution in [1.29, 1.82) is 0 Å². The number of benzene rings is 2. The van der Waals surface area contributed by atoms with Gasteiger partial charge in [0.15, 0.2) is 18.1 Å². The quantitative estimate of drug-likeness (QED) is 0.272. The zero-order valence-corrected chi connectivity index (χ0v) is 18.8. The molecule has 2 heterocycles. The van der Waals surface area contributed by atoms with E-state index in [1.165, 1.54) is 4.90 Å². The van der Waals surface area contributed by atoms with Crippen LogP contribution in [0.4, 0.5) is 0 Å². The van der Waals surface area contributed by atoms with Crippen LogP contribution in [0, 0.1) is 0 Å². The Morgan fingerprint density at radius 2 is 1.91 bits per heavy atom. The number of carbonyl (C=O) groups is 2. The van der Waals surface area contributed by atoms with Gasteiger partial charge in [-0.15, -0.1) is 0 Å². The molecule has 0 atom stereocenters. The topological polar surface area (TPSA) is 104 Å². The number of aromatic nitrogens is 2. The van der Waals surface area contributed by atoms with Crippen molar-refractivity contribution in [3.05, 3.63) is 72.1 Å². The van der Waals surface area contributed by atoms with E-state index >= 15 is 0 Å². The summed E-state index contributed by atoms with van der Waals surface area (Å²) < 4.78 is 17.3. The van der Waals surface area contributed by atoms with Gasteiger partial charge in [-0.05, 0) is 37.3 Å². The van der Waals surface area contributed by atoms with Gasteiger partial charge in [0.1, 0.15) is 0 Å². The SMILES string of the molecule is C/C(=N\OCC(=O)OCC(=O)N(C)Cc1cnn(-c2ccccc2)c1)c1ccc2c(c1)OCO2. The summed E-state index contributed by atoms with van der Waals surface area (Å²) in [5.41, 5.74) is 3.10. The molecule has 0 spiro atoms. The van der Waals surface area contributed by atoms with Crippen LogP contribution in [0.2, 0.25) is 0 Å². The Balaban J connectivity index is 1.19. The van der Waals surface area contributed by atoms with Crippen LogP contribution >= 0.6 is 0 Å². The summed E-state index contributed by atoms with van der Waals surface area (Å²) in [5, 5.41) is 8.23. The maximum absolute atomic E-state index is 12.3. The second-order valence-corrected chi connectivity index (χ2v) is 7.56. The highest BCUT2D eigenvalue weighted by Gasteiger charge is 2.16. The molecule has 10 nitrogen and oxygen atoms in total. The number of para-hydroxylation sites is 1. The first-order valence-electron chi connectivity index (χ1n) is 10.5. The van der Waals surface area contributed by atoms with Gasteiger partial charge in [-0.25, -0.2) is 9.48 Å². The lowest BCUT2D eigenvalue weighted by Gasteiger charge is -2.16. The minimum atomic E-state index is -0.694. The van der Waals surface area contributed by atoms with Gasteiger partial charge in [0.05, 0.1) is 17.6 Å². The van der Waals surface area contributed by atoms with Gasteiger partial charge in [0.25, 0.3) is 5.91 Å². The maximum Gasteiger partial charge on any atom is 0.347 e. The normalized spacial score (nSPS) is 12.4. The smallest absolute Gasteiger partial charge is 0.347 e. The number of amides is 1. The Morgan fingerprint density at radius 1 is 1.12 bits per heavy atom. The van der Waals surface area contributed by atoms with Crippen molar-refractivity contribution in [3.63, 3.8) is 0 Å². The Hall–Kier alpha value is -4.34. The summed E-state index contributed by atoms with van der Waals surface area (Å²) in [7, 11) is 1.63. The summed E-state index contributed by atoms with van der Waals surface area (Å²) in [4.78, 5) is 30.8. The van der Waals surface area contributed by atoms with Gasteiger partial charge < -0.3 is 23.9 Å². The molecular formula is C24H24N4O6. The van der Waals surface area contributed by atoms with E-state index in [1.54, 1.807) is 37.0 Å². The summed E-state index contributed by atoms with van der Waals surface area (Å²) >= 11 is 0. The zero-order chi connectivity index (χ0) is 23.9. The van der Waals surface area contributed by atoms with Crippen molar-refractivity contribution in [2.75, 3.05) is 27.1 Å². The minimum Gasteiger partial charge on any atom is -0.454 e. The Morgan fingerprint density at radius 3 is 2.74 bits per heavy atom. The second kappa shape index (κ2) is 10.5. The molecule has 0 N–H and O–H groups in total. The fraction of sp³-hybridized carbons (Fsp3) is 0.250. The second-order valence-electron chi connectivity index (χ2n) is 7.56. The molecule has 4 rings (SSSR count). The third-order valence-corrected chi connectivity index (χ3v) is 5.03. The van der Waals surface area contributed by atoms with E-state index in [-0.39, 0.29) is 12.7 Å². The van der Waals surface area contributed by atoms with E-state index in [0.29, 0.717) is 23.8 Å². The number of hydrogen-bond donors (Lipinski definition) is 0. The molecule has 34 heavy (non-hydrogen) atoms. The standard InChI is InChI=1S/C24H24N4O6/c1-17(19-8-9-21-22(10-19)33-16-32-21)26-34-15-24(30)31-14-23(29)27(2)12-18-11-25-28(13-18)20-6-4-3-5-7-20/h3-11,13H,12,14-16H2,1-2H3/b26-17+. The molecule has 0 bridgehead atoms. The van der Waals surface area contributed by atoms with E-state index in [9.17, 15) is 9.59 Å². The molecule has 176 valence electrons. The van der Waals surface area contributed by atoms with Crippen molar-refractivity contribution >= 4 is 17.6 Å². The molecule has 0 radical (unpaired) electrons. The van der Waals surface area contributed by atoms with Crippen molar-refractivity contribution < 1.29 is 28.6 Å². The molecule has 0 saturated heterocycles. The molecular weight excluding hydrogens is 440 g/mol. The van der Waals surface area contributed by atoms with Crippen molar-refractivity contribution in [2.45, 2.75) is 13.5 Å². The van der Waals surface area contributed by atoms with E-state index in [4.69, 9.17) is 19.0 Å². The molecule has 2 aromatic carbocycles. The number of fused-ring (bicyclic) bond motifs is 1. The van der Waals surface area contributed by atoms with Crippen LogP contribution in [-0.2, 0) is 25.7 Å². The lowest BCUT2D eigenvalue weighted by molar-refractivity contribution is -0.155. The van der Waals surface area contributed by atoms with Gasteiger partial charge in [-0.1, -0.05) is 23.4 Å². The predicted molar refractivity (Wildman–Crippen MR) is 122 cm³/mol. The van der Waals surface area contributed by atoms with Crippen LogP contribution in [0.25, 0.3) is 5.69 Å². The Kier molecular flexibility index (Phi) is 7.07. The van der Waals surface area contributed by atoms with Crippen LogP contribution < -0.4 is 9.47 Å². The third kappa shape index (κ3) is 5.71.